The Kier molecular flexibility index (Phi) is 4.04. The smallest absolute Gasteiger partial charge is 0.217 e. The van der Waals surface area contributed by atoms with Crippen molar-refractivity contribution >= 4 is 17.3 Å². The summed E-state index contributed by atoms with van der Waals surface area (Å²) in [6, 6.07) is 2.23. The first-order chi connectivity index (χ1) is 7.52. The third-order valence-corrected chi connectivity index (χ3v) is 2.03. The second kappa shape index (κ2) is 5.29. The standard InChI is InChI=1S/C10H13F2N3O/c11-6-3-4-7(13)10(9(6)12)15-5-1-2-8(14)16/h3-4,15H,1-2,5,13H2,(H2,14,16). The molecule has 1 amide bonds. The Labute approximate surface area is 91.6 Å². The topological polar surface area (TPSA) is 81.1 Å². The van der Waals surface area contributed by atoms with Crippen LogP contribution in [0.3, 0.4) is 0 Å². The molecular weight excluding hydrogens is 216 g/mol. The van der Waals surface area contributed by atoms with E-state index in [0.29, 0.717) is 13.0 Å². The fraction of sp³-hybridized carbons (Fsp3) is 0.300. The molecule has 0 fully saturated rings. The first-order valence-corrected chi connectivity index (χ1v) is 4.78. The first kappa shape index (κ1) is 12.2. The number of rotatable bonds is 5. The lowest BCUT2D eigenvalue weighted by atomic mass is 10.2. The van der Waals surface area contributed by atoms with Gasteiger partial charge in [-0.15, -0.1) is 0 Å². The van der Waals surface area contributed by atoms with Crippen LogP contribution in [0.25, 0.3) is 0 Å². The number of carbonyl (C=O) groups is 1. The minimum absolute atomic E-state index is 0.0792. The van der Waals surface area contributed by atoms with E-state index in [1.807, 2.05) is 0 Å². The molecule has 6 heteroatoms. The molecule has 0 spiro atoms. The van der Waals surface area contributed by atoms with Gasteiger partial charge in [-0.05, 0) is 18.6 Å². The molecule has 0 heterocycles. The maximum Gasteiger partial charge on any atom is 0.217 e. The molecule has 0 aliphatic carbocycles. The zero-order valence-corrected chi connectivity index (χ0v) is 8.59. The highest BCUT2D eigenvalue weighted by Gasteiger charge is 2.10. The highest BCUT2D eigenvalue weighted by atomic mass is 19.2. The number of nitrogens with two attached hydrogens (primary N) is 2. The van der Waals surface area contributed by atoms with Crippen molar-refractivity contribution in [1.82, 2.24) is 0 Å². The monoisotopic (exact) mass is 229 g/mol. The van der Waals surface area contributed by atoms with Crippen molar-refractivity contribution in [3.63, 3.8) is 0 Å². The Balaban J connectivity index is 2.60. The summed E-state index contributed by atoms with van der Waals surface area (Å²) in [5.41, 5.74) is 10.4. The van der Waals surface area contributed by atoms with Crippen molar-refractivity contribution in [3.05, 3.63) is 23.8 Å². The average molecular weight is 229 g/mol. The summed E-state index contributed by atoms with van der Waals surface area (Å²) in [7, 11) is 0. The summed E-state index contributed by atoms with van der Waals surface area (Å²) in [5.74, 6) is -2.42. The fourth-order valence-electron chi connectivity index (χ4n) is 1.22. The molecule has 0 aliphatic heterocycles. The number of halogens is 2. The molecule has 0 saturated heterocycles. The molecule has 1 aromatic rings. The van der Waals surface area contributed by atoms with Crippen LogP contribution in [0, 0.1) is 11.6 Å². The maximum atomic E-state index is 13.2. The van der Waals surface area contributed by atoms with Gasteiger partial charge in [-0.1, -0.05) is 0 Å². The molecule has 0 bridgehead atoms. The Morgan fingerprint density at radius 3 is 2.69 bits per heavy atom. The average Bonchev–Trinajstić information content (AvgIpc) is 2.22. The Bertz CT molecular complexity index is 396. The number of nitrogen functional groups attached to an aromatic ring is 1. The number of primary amides is 1. The van der Waals surface area contributed by atoms with Crippen LogP contribution < -0.4 is 16.8 Å². The Morgan fingerprint density at radius 1 is 1.38 bits per heavy atom. The molecule has 4 nitrogen and oxygen atoms in total. The molecule has 5 N–H and O–H groups in total. The zero-order chi connectivity index (χ0) is 12.1. The summed E-state index contributed by atoms with van der Waals surface area (Å²) in [6.45, 7) is 0.299. The van der Waals surface area contributed by atoms with E-state index in [-0.39, 0.29) is 17.8 Å². The van der Waals surface area contributed by atoms with Crippen molar-refractivity contribution in [1.29, 1.82) is 0 Å². The van der Waals surface area contributed by atoms with E-state index in [1.165, 1.54) is 6.07 Å². The van der Waals surface area contributed by atoms with Gasteiger partial charge in [0.2, 0.25) is 5.91 Å². The van der Waals surface area contributed by atoms with E-state index in [9.17, 15) is 13.6 Å². The second-order valence-corrected chi connectivity index (χ2v) is 3.32. The van der Waals surface area contributed by atoms with Gasteiger partial charge in [0.05, 0.1) is 11.4 Å². The number of carbonyl (C=O) groups excluding carboxylic acids is 1. The van der Waals surface area contributed by atoms with Gasteiger partial charge in [-0.2, -0.15) is 0 Å². The molecule has 16 heavy (non-hydrogen) atoms. The van der Waals surface area contributed by atoms with Gasteiger partial charge in [0.1, 0.15) is 0 Å². The van der Waals surface area contributed by atoms with Crippen molar-refractivity contribution in [3.8, 4) is 0 Å². The van der Waals surface area contributed by atoms with E-state index >= 15 is 0 Å². The van der Waals surface area contributed by atoms with E-state index in [0.717, 1.165) is 6.07 Å². The van der Waals surface area contributed by atoms with Crippen LogP contribution in [0.2, 0.25) is 0 Å². The van der Waals surface area contributed by atoms with Crippen LogP contribution in [-0.2, 0) is 4.79 Å². The maximum absolute atomic E-state index is 13.2. The molecule has 0 radical (unpaired) electrons. The molecule has 1 rings (SSSR count). The highest BCUT2D eigenvalue weighted by molar-refractivity contribution is 5.73. The van der Waals surface area contributed by atoms with E-state index < -0.39 is 17.5 Å². The molecular formula is C10H13F2N3O. The lowest BCUT2D eigenvalue weighted by molar-refractivity contribution is -0.118. The van der Waals surface area contributed by atoms with E-state index in [2.05, 4.69) is 5.32 Å². The summed E-state index contributed by atoms with van der Waals surface area (Å²) in [6.07, 6.45) is 0.620. The lowest BCUT2D eigenvalue weighted by Gasteiger charge is -2.10. The third kappa shape index (κ3) is 3.08. The minimum Gasteiger partial charge on any atom is -0.397 e. The zero-order valence-electron chi connectivity index (χ0n) is 8.59. The summed E-state index contributed by atoms with van der Waals surface area (Å²) < 4.78 is 26.1. The van der Waals surface area contributed by atoms with Gasteiger partial charge in [0.15, 0.2) is 11.6 Å². The van der Waals surface area contributed by atoms with Crippen LogP contribution in [-0.4, -0.2) is 12.5 Å². The SMILES string of the molecule is NC(=O)CCCNc1c(N)ccc(F)c1F. The number of anilines is 2. The van der Waals surface area contributed by atoms with Crippen LogP contribution in [0.5, 0.6) is 0 Å². The summed E-state index contributed by atoms with van der Waals surface area (Å²) >= 11 is 0. The predicted molar refractivity (Wildman–Crippen MR) is 57.7 cm³/mol. The molecule has 0 saturated carbocycles. The van der Waals surface area contributed by atoms with Gasteiger partial charge in [-0.25, -0.2) is 8.78 Å². The second-order valence-electron chi connectivity index (χ2n) is 3.32. The molecule has 1 aromatic carbocycles. The van der Waals surface area contributed by atoms with Crippen molar-refractivity contribution in [2.45, 2.75) is 12.8 Å². The third-order valence-electron chi connectivity index (χ3n) is 2.03. The van der Waals surface area contributed by atoms with Crippen LogP contribution >= 0.6 is 0 Å². The normalized spacial score (nSPS) is 10.1. The Morgan fingerprint density at radius 2 is 2.06 bits per heavy atom. The van der Waals surface area contributed by atoms with Crippen molar-refractivity contribution < 1.29 is 13.6 Å². The van der Waals surface area contributed by atoms with Gasteiger partial charge in [-0.3, -0.25) is 4.79 Å². The van der Waals surface area contributed by atoms with Gasteiger partial charge in [0.25, 0.3) is 0 Å². The summed E-state index contributed by atoms with van der Waals surface area (Å²) in [5, 5.41) is 2.63. The molecule has 0 atom stereocenters. The summed E-state index contributed by atoms with van der Waals surface area (Å²) in [4.78, 5) is 10.4. The molecule has 0 aromatic heterocycles. The number of nitrogens with one attached hydrogen (secondary N) is 1. The van der Waals surface area contributed by atoms with Crippen molar-refractivity contribution in [2.24, 2.45) is 5.73 Å². The highest BCUT2D eigenvalue weighted by Crippen LogP contribution is 2.24. The quantitative estimate of drug-likeness (QED) is 0.524. The number of benzene rings is 1. The Hall–Kier alpha value is -1.85. The van der Waals surface area contributed by atoms with Gasteiger partial charge < -0.3 is 16.8 Å². The predicted octanol–water partition coefficient (Wildman–Crippen LogP) is 1.22. The molecule has 88 valence electrons. The lowest BCUT2D eigenvalue weighted by Crippen LogP contribution is -2.13. The first-order valence-electron chi connectivity index (χ1n) is 4.78. The number of hydrogen-bond acceptors (Lipinski definition) is 3. The van der Waals surface area contributed by atoms with Crippen molar-refractivity contribution in [2.75, 3.05) is 17.6 Å². The van der Waals surface area contributed by atoms with Gasteiger partial charge in [0, 0.05) is 13.0 Å². The fourth-order valence-corrected chi connectivity index (χ4v) is 1.22. The van der Waals surface area contributed by atoms with Gasteiger partial charge >= 0.3 is 0 Å². The van der Waals surface area contributed by atoms with E-state index in [1.54, 1.807) is 0 Å². The largest absolute Gasteiger partial charge is 0.397 e. The van der Waals surface area contributed by atoms with Crippen LogP contribution in [0.15, 0.2) is 12.1 Å². The number of amides is 1. The van der Waals surface area contributed by atoms with E-state index in [4.69, 9.17) is 11.5 Å². The number of hydrogen-bond donors (Lipinski definition) is 3. The van der Waals surface area contributed by atoms with Crippen LogP contribution in [0.1, 0.15) is 12.8 Å². The molecule has 0 unspecified atom stereocenters. The van der Waals surface area contributed by atoms with Crippen LogP contribution in [0.4, 0.5) is 20.2 Å². The minimum atomic E-state index is -1.01. The molecule has 0 aliphatic rings.